The molecule has 3 heteroatoms. The van der Waals surface area contributed by atoms with Crippen LogP contribution in [0.5, 0.6) is 0 Å². The van der Waals surface area contributed by atoms with Crippen molar-refractivity contribution < 1.29 is 0 Å². The van der Waals surface area contributed by atoms with E-state index in [4.69, 9.17) is 5.73 Å². The minimum Gasteiger partial charge on any atom is -0.394 e. The number of nitrogens with two attached hydrogens (primary N) is 1. The van der Waals surface area contributed by atoms with Crippen LogP contribution in [0.4, 0.5) is 5.69 Å². The summed E-state index contributed by atoms with van der Waals surface area (Å²) in [6.07, 6.45) is 6.07. The molecule has 0 fully saturated rings. The Bertz CT molecular complexity index is 328. The summed E-state index contributed by atoms with van der Waals surface area (Å²) in [5.41, 5.74) is 5.61. The predicted molar refractivity (Wildman–Crippen MR) is 49.9 cm³/mol. The van der Waals surface area contributed by atoms with Gasteiger partial charge in [0.1, 0.15) is 0 Å². The highest BCUT2D eigenvalue weighted by Gasteiger charge is 1.92. The number of hydrogen-bond acceptors (Lipinski definition) is 2. The predicted octanol–water partition coefficient (Wildman–Crippen LogP) is 1.01. The van der Waals surface area contributed by atoms with Gasteiger partial charge in [0.05, 0.1) is 5.69 Å². The van der Waals surface area contributed by atoms with Gasteiger partial charge in [-0.3, -0.25) is 4.79 Å². The summed E-state index contributed by atoms with van der Waals surface area (Å²) in [5.74, 6) is 0. The first-order valence-electron chi connectivity index (χ1n) is 3.80. The van der Waals surface area contributed by atoms with Crippen LogP contribution in [-0.2, 0) is 6.54 Å². The summed E-state index contributed by atoms with van der Waals surface area (Å²) in [6, 6.07) is 1.47. The van der Waals surface area contributed by atoms with Gasteiger partial charge in [-0.25, -0.2) is 0 Å². The summed E-state index contributed by atoms with van der Waals surface area (Å²) in [7, 11) is 0. The number of rotatable bonds is 3. The van der Waals surface area contributed by atoms with Gasteiger partial charge in [0, 0.05) is 25.0 Å². The number of aryl methyl sites for hydroxylation is 1. The SMILES string of the molecule is C=CCCn1ccc(=O)c(N)c1. The van der Waals surface area contributed by atoms with Crippen LogP contribution in [0.3, 0.4) is 0 Å². The molecule has 0 saturated carbocycles. The number of nitrogens with zero attached hydrogens (tertiary/aromatic N) is 1. The monoisotopic (exact) mass is 164 g/mol. The molecule has 0 atom stereocenters. The van der Waals surface area contributed by atoms with E-state index in [-0.39, 0.29) is 5.43 Å². The second kappa shape index (κ2) is 3.76. The van der Waals surface area contributed by atoms with Crippen molar-refractivity contribution in [3.8, 4) is 0 Å². The van der Waals surface area contributed by atoms with Gasteiger partial charge in [-0.15, -0.1) is 6.58 Å². The van der Waals surface area contributed by atoms with E-state index in [1.165, 1.54) is 6.07 Å². The molecule has 0 spiro atoms. The highest BCUT2D eigenvalue weighted by Crippen LogP contribution is 1.95. The third kappa shape index (κ3) is 1.99. The molecule has 0 aliphatic carbocycles. The van der Waals surface area contributed by atoms with Gasteiger partial charge in [-0.2, -0.15) is 0 Å². The first-order chi connectivity index (χ1) is 5.74. The van der Waals surface area contributed by atoms with E-state index in [9.17, 15) is 4.79 Å². The molecule has 0 aliphatic heterocycles. The molecule has 1 aromatic heterocycles. The van der Waals surface area contributed by atoms with E-state index in [1.807, 2.05) is 10.6 Å². The Morgan fingerprint density at radius 3 is 3.00 bits per heavy atom. The fraction of sp³-hybridized carbons (Fsp3) is 0.222. The Balaban J connectivity index is 2.82. The van der Waals surface area contributed by atoms with Gasteiger partial charge in [-0.05, 0) is 6.42 Å². The van der Waals surface area contributed by atoms with Crippen LogP contribution in [0.25, 0.3) is 0 Å². The maximum Gasteiger partial charge on any atom is 0.204 e. The Labute approximate surface area is 71.1 Å². The lowest BCUT2D eigenvalue weighted by Crippen LogP contribution is -2.10. The van der Waals surface area contributed by atoms with Crippen LogP contribution in [-0.4, -0.2) is 4.57 Å². The van der Waals surface area contributed by atoms with Crippen LogP contribution >= 0.6 is 0 Å². The van der Waals surface area contributed by atoms with E-state index < -0.39 is 0 Å². The van der Waals surface area contributed by atoms with Crippen molar-refractivity contribution in [3.63, 3.8) is 0 Å². The molecular formula is C9H12N2O. The van der Waals surface area contributed by atoms with Crippen LogP contribution < -0.4 is 11.2 Å². The number of anilines is 1. The van der Waals surface area contributed by atoms with E-state index in [2.05, 4.69) is 6.58 Å². The second-order valence-corrected chi connectivity index (χ2v) is 2.58. The third-order valence-electron chi connectivity index (χ3n) is 1.60. The topological polar surface area (TPSA) is 48.0 Å². The zero-order chi connectivity index (χ0) is 8.97. The Morgan fingerprint density at radius 1 is 1.67 bits per heavy atom. The fourth-order valence-electron chi connectivity index (χ4n) is 0.924. The summed E-state index contributed by atoms with van der Waals surface area (Å²) < 4.78 is 1.87. The zero-order valence-electron chi connectivity index (χ0n) is 6.86. The molecule has 0 saturated heterocycles. The normalized spacial score (nSPS) is 9.67. The number of pyridine rings is 1. The Hall–Kier alpha value is -1.51. The highest BCUT2D eigenvalue weighted by atomic mass is 16.1. The zero-order valence-corrected chi connectivity index (χ0v) is 6.86. The fourth-order valence-corrected chi connectivity index (χ4v) is 0.924. The van der Waals surface area contributed by atoms with Crippen molar-refractivity contribution >= 4 is 5.69 Å². The molecule has 0 aromatic carbocycles. The van der Waals surface area contributed by atoms with Gasteiger partial charge >= 0.3 is 0 Å². The van der Waals surface area contributed by atoms with Gasteiger partial charge in [-0.1, -0.05) is 6.08 Å². The van der Waals surface area contributed by atoms with Crippen molar-refractivity contribution in [2.24, 2.45) is 0 Å². The molecule has 0 radical (unpaired) electrons. The van der Waals surface area contributed by atoms with Crippen molar-refractivity contribution in [1.29, 1.82) is 0 Å². The summed E-state index contributed by atoms with van der Waals surface area (Å²) in [6.45, 7) is 4.42. The maximum atomic E-state index is 10.9. The molecule has 1 heterocycles. The Morgan fingerprint density at radius 2 is 2.42 bits per heavy atom. The number of nitrogen functional groups attached to an aromatic ring is 1. The van der Waals surface area contributed by atoms with Crippen LogP contribution in [0.15, 0.2) is 35.9 Å². The standard InChI is InChI=1S/C9H12N2O/c1-2-3-5-11-6-4-9(12)8(10)7-11/h2,4,6-7H,1,3,5,10H2. The van der Waals surface area contributed by atoms with Gasteiger partial charge in [0.2, 0.25) is 5.43 Å². The average molecular weight is 164 g/mol. The maximum absolute atomic E-state index is 10.9. The van der Waals surface area contributed by atoms with Crippen molar-refractivity contribution in [3.05, 3.63) is 41.3 Å². The summed E-state index contributed by atoms with van der Waals surface area (Å²) >= 11 is 0. The van der Waals surface area contributed by atoms with Crippen molar-refractivity contribution in [2.45, 2.75) is 13.0 Å². The number of allylic oxidation sites excluding steroid dienone is 1. The number of aromatic nitrogens is 1. The molecule has 1 rings (SSSR count). The van der Waals surface area contributed by atoms with E-state index in [1.54, 1.807) is 12.4 Å². The molecule has 0 amide bonds. The molecule has 0 bridgehead atoms. The minimum atomic E-state index is -0.121. The lowest BCUT2D eigenvalue weighted by molar-refractivity contribution is 0.705. The van der Waals surface area contributed by atoms with E-state index >= 15 is 0 Å². The van der Waals surface area contributed by atoms with Gasteiger partial charge < -0.3 is 10.3 Å². The first kappa shape index (κ1) is 8.59. The van der Waals surface area contributed by atoms with Crippen molar-refractivity contribution in [2.75, 3.05) is 5.73 Å². The Kier molecular flexibility index (Phi) is 2.69. The first-order valence-corrected chi connectivity index (χ1v) is 3.80. The minimum absolute atomic E-state index is 0.121. The van der Waals surface area contributed by atoms with E-state index in [0.717, 1.165) is 13.0 Å². The van der Waals surface area contributed by atoms with Crippen LogP contribution in [0.2, 0.25) is 0 Å². The van der Waals surface area contributed by atoms with Crippen molar-refractivity contribution in [1.82, 2.24) is 4.57 Å². The summed E-state index contributed by atoms with van der Waals surface area (Å²) in [5, 5.41) is 0. The highest BCUT2D eigenvalue weighted by molar-refractivity contribution is 5.33. The molecule has 3 nitrogen and oxygen atoms in total. The van der Waals surface area contributed by atoms with Crippen LogP contribution in [0, 0.1) is 0 Å². The smallest absolute Gasteiger partial charge is 0.204 e. The number of hydrogen-bond donors (Lipinski definition) is 1. The lowest BCUT2D eigenvalue weighted by atomic mass is 10.3. The van der Waals surface area contributed by atoms with Gasteiger partial charge in [0.15, 0.2) is 0 Å². The molecule has 0 unspecified atom stereocenters. The molecule has 2 N–H and O–H groups in total. The molecule has 64 valence electrons. The molecule has 1 aromatic rings. The third-order valence-corrected chi connectivity index (χ3v) is 1.60. The second-order valence-electron chi connectivity index (χ2n) is 2.58. The average Bonchev–Trinajstić information content (AvgIpc) is 2.07. The van der Waals surface area contributed by atoms with E-state index in [0.29, 0.717) is 5.69 Å². The van der Waals surface area contributed by atoms with Crippen LogP contribution in [0.1, 0.15) is 6.42 Å². The van der Waals surface area contributed by atoms with Gasteiger partial charge in [0.25, 0.3) is 0 Å². The molecule has 0 aliphatic rings. The quantitative estimate of drug-likeness (QED) is 0.678. The molecule has 12 heavy (non-hydrogen) atoms. The molecular weight excluding hydrogens is 152 g/mol. The lowest BCUT2D eigenvalue weighted by Gasteiger charge is -2.03. The summed E-state index contributed by atoms with van der Waals surface area (Å²) in [4.78, 5) is 10.9. The largest absolute Gasteiger partial charge is 0.394 e.